The average Bonchev–Trinajstić information content (AvgIpc) is 3.17. The van der Waals surface area contributed by atoms with Crippen molar-refractivity contribution >= 4 is 33.4 Å². The predicted octanol–water partition coefficient (Wildman–Crippen LogP) is 2.38. The van der Waals surface area contributed by atoms with Crippen molar-refractivity contribution < 1.29 is 4.79 Å². The zero-order valence-corrected chi connectivity index (χ0v) is 13.9. The van der Waals surface area contributed by atoms with Crippen LogP contribution in [0.4, 0.5) is 10.6 Å². The van der Waals surface area contributed by atoms with Crippen LogP contribution in [0.25, 0.3) is 10.2 Å². The van der Waals surface area contributed by atoms with E-state index in [-0.39, 0.29) is 6.03 Å². The summed E-state index contributed by atoms with van der Waals surface area (Å²) in [5.41, 5.74) is 6.80. The van der Waals surface area contributed by atoms with Gasteiger partial charge < -0.3 is 16.0 Å². The summed E-state index contributed by atoms with van der Waals surface area (Å²) < 4.78 is 0. The second kappa shape index (κ2) is 5.96. The van der Waals surface area contributed by atoms with Gasteiger partial charge in [0.05, 0.1) is 5.39 Å². The van der Waals surface area contributed by atoms with E-state index < -0.39 is 0 Å². The molecule has 1 atom stereocenters. The molecule has 2 aromatic rings. The van der Waals surface area contributed by atoms with Crippen LogP contribution >= 0.6 is 11.3 Å². The molecular weight excluding hydrogens is 310 g/mol. The fourth-order valence-corrected chi connectivity index (χ4v) is 4.89. The third kappa shape index (κ3) is 2.73. The Morgan fingerprint density at radius 3 is 3.09 bits per heavy atom. The maximum Gasteiger partial charge on any atom is 0.314 e. The molecule has 0 aromatic carbocycles. The number of rotatable bonds is 3. The highest BCUT2D eigenvalue weighted by atomic mass is 32.1. The number of carbonyl (C=O) groups excluding carboxylic acids is 1. The Labute approximate surface area is 139 Å². The molecule has 1 aliphatic heterocycles. The molecule has 2 aliphatic rings. The van der Waals surface area contributed by atoms with Crippen LogP contribution in [-0.4, -0.2) is 40.5 Å². The molecular formula is C16H21N5OS. The number of amides is 2. The average molecular weight is 331 g/mol. The van der Waals surface area contributed by atoms with Gasteiger partial charge in [0.1, 0.15) is 17.0 Å². The van der Waals surface area contributed by atoms with E-state index in [4.69, 9.17) is 5.73 Å². The third-order valence-electron chi connectivity index (χ3n) is 4.91. The number of aromatic nitrogens is 2. The quantitative estimate of drug-likeness (QED) is 0.904. The molecule has 0 spiro atoms. The molecule has 2 aromatic heterocycles. The van der Waals surface area contributed by atoms with E-state index >= 15 is 0 Å². The topological polar surface area (TPSA) is 84.1 Å². The summed E-state index contributed by atoms with van der Waals surface area (Å²) in [5, 5.41) is 4.72. The van der Waals surface area contributed by atoms with Gasteiger partial charge in [-0.2, -0.15) is 0 Å². The lowest BCUT2D eigenvalue weighted by Crippen LogP contribution is -2.34. The van der Waals surface area contributed by atoms with E-state index in [0.29, 0.717) is 5.92 Å². The van der Waals surface area contributed by atoms with Gasteiger partial charge in [0, 0.05) is 24.5 Å². The molecule has 4 rings (SSSR count). The van der Waals surface area contributed by atoms with E-state index in [1.807, 2.05) is 11.3 Å². The van der Waals surface area contributed by atoms with Crippen LogP contribution in [0.5, 0.6) is 0 Å². The normalized spacial score (nSPS) is 20.7. The molecule has 1 saturated heterocycles. The number of anilines is 1. The smallest absolute Gasteiger partial charge is 0.314 e. The Balaban J connectivity index is 1.53. The fourth-order valence-electron chi connectivity index (χ4n) is 3.66. The first kappa shape index (κ1) is 14.7. The van der Waals surface area contributed by atoms with Crippen LogP contribution in [0.1, 0.15) is 29.7 Å². The lowest BCUT2D eigenvalue weighted by Gasteiger charge is -2.15. The number of nitrogens with one attached hydrogen (secondary N) is 1. The minimum absolute atomic E-state index is 0.316. The Hall–Kier alpha value is -1.89. The van der Waals surface area contributed by atoms with Crippen molar-refractivity contribution in [1.82, 2.24) is 14.9 Å². The molecule has 6 nitrogen and oxygen atoms in total. The third-order valence-corrected chi connectivity index (χ3v) is 6.11. The van der Waals surface area contributed by atoms with Crippen molar-refractivity contribution in [3.05, 3.63) is 16.8 Å². The van der Waals surface area contributed by atoms with Crippen LogP contribution in [0.3, 0.4) is 0 Å². The highest BCUT2D eigenvalue weighted by Crippen LogP contribution is 2.38. The second-order valence-corrected chi connectivity index (χ2v) is 7.52. The van der Waals surface area contributed by atoms with Gasteiger partial charge in [0.25, 0.3) is 0 Å². The van der Waals surface area contributed by atoms with Gasteiger partial charge in [-0.1, -0.05) is 0 Å². The number of hydrogen-bond acceptors (Lipinski definition) is 5. The summed E-state index contributed by atoms with van der Waals surface area (Å²) in [4.78, 5) is 24.5. The van der Waals surface area contributed by atoms with Crippen molar-refractivity contribution in [2.75, 3.05) is 25.0 Å². The molecule has 3 heterocycles. The molecule has 0 bridgehead atoms. The van der Waals surface area contributed by atoms with E-state index in [2.05, 4.69) is 15.3 Å². The standard InChI is InChI=1S/C16H21N5OS/c17-16(22)21-6-5-10(8-21)7-18-14-13-11-3-1-2-4-12(11)23-15(13)20-9-19-14/h9-10H,1-8H2,(H2,17,22)(H,18,19,20). The van der Waals surface area contributed by atoms with E-state index in [0.717, 1.165) is 43.1 Å². The molecule has 7 heteroatoms. The number of aryl methyl sites for hydroxylation is 2. The summed E-state index contributed by atoms with van der Waals surface area (Å²) in [5.74, 6) is 1.38. The minimum Gasteiger partial charge on any atom is -0.369 e. The van der Waals surface area contributed by atoms with Crippen molar-refractivity contribution in [1.29, 1.82) is 0 Å². The Kier molecular flexibility index (Phi) is 3.80. The predicted molar refractivity (Wildman–Crippen MR) is 91.8 cm³/mol. The van der Waals surface area contributed by atoms with Crippen molar-refractivity contribution in [2.24, 2.45) is 11.7 Å². The van der Waals surface area contributed by atoms with Crippen LogP contribution in [0.15, 0.2) is 6.33 Å². The van der Waals surface area contributed by atoms with Gasteiger partial charge in [-0.05, 0) is 43.6 Å². The lowest BCUT2D eigenvalue weighted by atomic mass is 9.97. The number of hydrogen-bond donors (Lipinski definition) is 2. The lowest BCUT2D eigenvalue weighted by molar-refractivity contribution is 0.217. The number of urea groups is 1. The van der Waals surface area contributed by atoms with Crippen LogP contribution in [-0.2, 0) is 12.8 Å². The number of nitrogens with zero attached hydrogens (tertiary/aromatic N) is 3. The van der Waals surface area contributed by atoms with E-state index in [9.17, 15) is 4.79 Å². The number of thiophene rings is 1. The molecule has 1 aliphatic carbocycles. The summed E-state index contributed by atoms with van der Waals surface area (Å²) >= 11 is 1.82. The largest absolute Gasteiger partial charge is 0.369 e. The Morgan fingerprint density at radius 1 is 1.39 bits per heavy atom. The first-order valence-corrected chi connectivity index (χ1v) is 9.07. The first-order valence-electron chi connectivity index (χ1n) is 8.26. The second-order valence-electron chi connectivity index (χ2n) is 6.43. The molecule has 1 fully saturated rings. The molecule has 3 N–H and O–H groups in total. The van der Waals surface area contributed by atoms with Gasteiger partial charge in [-0.3, -0.25) is 0 Å². The first-order chi connectivity index (χ1) is 11.2. The van der Waals surface area contributed by atoms with Gasteiger partial charge >= 0.3 is 6.03 Å². The molecule has 1 unspecified atom stereocenters. The molecule has 122 valence electrons. The maximum atomic E-state index is 11.2. The van der Waals surface area contributed by atoms with Gasteiger partial charge in [0.2, 0.25) is 0 Å². The summed E-state index contributed by atoms with van der Waals surface area (Å²) in [7, 11) is 0. The number of likely N-dealkylation sites (tertiary alicyclic amines) is 1. The highest BCUT2D eigenvalue weighted by molar-refractivity contribution is 7.19. The molecule has 0 radical (unpaired) electrons. The van der Waals surface area contributed by atoms with E-state index in [1.54, 1.807) is 11.2 Å². The van der Waals surface area contributed by atoms with Gasteiger partial charge in [0.15, 0.2) is 0 Å². The molecule has 0 saturated carbocycles. The van der Waals surface area contributed by atoms with Gasteiger partial charge in [-0.15, -0.1) is 11.3 Å². The Bertz CT molecular complexity index is 743. The number of nitrogens with two attached hydrogens (primary N) is 1. The zero-order chi connectivity index (χ0) is 15.8. The highest BCUT2D eigenvalue weighted by Gasteiger charge is 2.25. The number of primary amides is 1. The van der Waals surface area contributed by atoms with Crippen LogP contribution in [0, 0.1) is 5.92 Å². The zero-order valence-electron chi connectivity index (χ0n) is 13.0. The minimum atomic E-state index is -0.316. The Morgan fingerprint density at radius 2 is 2.26 bits per heavy atom. The summed E-state index contributed by atoms with van der Waals surface area (Å²) in [6.07, 6.45) is 7.48. The fraction of sp³-hybridized carbons (Fsp3) is 0.562. The molecule has 2 amide bonds. The summed E-state index contributed by atoms with van der Waals surface area (Å²) in [6, 6.07) is -0.316. The monoisotopic (exact) mass is 331 g/mol. The SMILES string of the molecule is NC(=O)N1CCC(CNc2ncnc3sc4c(c23)CCCC4)C1. The van der Waals surface area contributed by atoms with Gasteiger partial charge in [-0.25, -0.2) is 14.8 Å². The summed E-state index contributed by atoms with van der Waals surface area (Å²) in [6.45, 7) is 2.31. The van der Waals surface area contributed by atoms with Crippen LogP contribution < -0.4 is 11.1 Å². The van der Waals surface area contributed by atoms with E-state index in [1.165, 1.54) is 35.1 Å². The van der Waals surface area contributed by atoms with Crippen molar-refractivity contribution in [2.45, 2.75) is 32.1 Å². The van der Waals surface area contributed by atoms with Crippen LogP contribution in [0.2, 0.25) is 0 Å². The number of carbonyl (C=O) groups is 1. The maximum absolute atomic E-state index is 11.2. The molecule has 23 heavy (non-hydrogen) atoms. The number of fused-ring (bicyclic) bond motifs is 3. The van der Waals surface area contributed by atoms with Crippen molar-refractivity contribution in [3.8, 4) is 0 Å². The van der Waals surface area contributed by atoms with Crippen molar-refractivity contribution in [3.63, 3.8) is 0 Å².